The van der Waals surface area contributed by atoms with E-state index in [9.17, 15) is 19.5 Å². The molecule has 0 aliphatic heterocycles. The van der Waals surface area contributed by atoms with Gasteiger partial charge in [0.1, 0.15) is 6.10 Å². The normalized spacial score (nSPS) is 12.0. The van der Waals surface area contributed by atoms with Gasteiger partial charge >= 0.3 is 18.0 Å². The predicted octanol–water partition coefficient (Wildman–Crippen LogP) is 12.7. The number of hydrogen-bond acceptors (Lipinski definition) is 7. The van der Waals surface area contributed by atoms with E-state index in [0.29, 0.717) is 39.0 Å². The Morgan fingerprint density at radius 1 is 0.517 bits per heavy atom. The number of carbonyl (C=O) groups excluding carboxylic acids is 3. The van der Waals surface area contributed by atoms with Crippen molar-refractivity contribution >= 4 is 18.0 Å². The molecule has 1 atom stereocenters. The zero-order valence-corrected chi connectivity index (χ0v) is 38.9. The Morgan fingerprint density at radius 3 is 1.47 bits per heavy atom. The number of ether oxygens (including phenoxy) is 2. The van der Waals surface area contributed by atoms with Crippen LogP contribution in [0.25, 0.3) is 0 Å². The molecule has 0 aromatic heterocycles. The van der Waals surface area contributed by atoms with Crippen molar-refractivity contribution < 1.29 is 29.0 Å². The highest BCUT2D eigenvalue weighted by Crippen LogP contribution is 2.19. The van der Waals surface area contributed by atoms with Gasteiger partial charge in [-0.25, -0.2) is 4.79 Å². The molecule has 0 aliphatic rings. The molecule has 58 heavy (non-hydrogen) atoms. The van der Waals surface area contributed by atoms with Crippen molar-refractivity contribution in [3.8, 4) is 0 Å². The molecule has 1 unspecified atom stereocenters. The number of nitrogens with one attached hydrogen (secondary N) is 2. The maximum Gasteiger partial charge on any atom is 0.314 e. The fraction of sp³-hybridized carbons (Fsp3) is 0.939. The van der Waals surface area contributed by atoms with Crippen LogP contribution in [0.2, 0.25) is 0 Å². The van der Waals surface area contributed by atoms with Crippen molar-refractivity contribution in [2.24, 2.45) is 0 Å². The first-order valence-corrected chi connectivity index (χ1v) is 25.1. The van der Waals surface area contributed by atoms with Crippen LogP contribution in [0.4, 0.5) is 4.79 Å². The van der Waals surface area contributed by atoms with Crippen molar-refractivity contribution in [3.63, 3.8) is 0 Å². The van der Waals surface area contributed by atoms with Crippen LogP contribution in [0.3, 0.4) is 0 Å². The summed E-state index contributed by atoms with van der Waals surface area (Å²) in [5.74, 6) is -0.0914. The van der Waals surface area contributed by atoms with Crippen molar-refractivity contribution in [3.05, 3.63) is 0 Å². The Balaban J connectivity index is 4.49. The highest BCUT2D eigenvalue weighted by atomic mass is 16.5. The van der Waals surface area contributed by atoms with Crippen molar-refractivity contribution in [1.29, 1.82) is 0 Å². The van der Waals surface area contributed by atoms with Gasteiger partial charge in [0, 0.05) is 33.0 Å². The van der Waals surface area contributed by atoms with Gasteiger partial charge in [0.2, 0.25) is 0 Å². The zero-order chi connectivity index (χ0) is 42.6. The average molecular weight is 824 g/mol. The second-order valence-electron chi connectivity index (χ2n) is 17.2. The van der Waals surface area contributed by atoms with Gasteiger partial charge in [0.05, 0.1) is 12.7 Å². The van der Waals surface area contributed by atoms with Crippen molar-refractivity contribution in [1.82, 2.24) is 15.5 Å². The lowest BCUT2D eigenvalue weighted by Gasteiger charge is -2.25. The second-order valence-corrected chi connectivity index (χ2v) is 17.2. The molecule has 0 radical (unpaired) electrons. The molecule has 344 valence electrons. The minimum Gasteiger partial charge on any atom is -0.466 e. The van der Waals surface area contributed by atoms with Gasteiger partial charge in [-0.05, 0) is 83.7 Å². The van der Waals surface area contributed by atoms with E-state index in [4.69, 9.17) is 9.47 Å². The van der Waals surface area contributed by atoms with E-state index in [-0.39, 0.29) is 24.1 Å². The van der Waals surface area contributed by atoms with Crippen LogP contribution in [0, 0.1) is 0 Å². The molecule has 0 bridgehead atoms. The molecule has 3 N–H and O–H groups in total. The Bertz CT molecular complexity index is 890. The molecule has 0 spiro atoms. The molecule has 0 fully saturated rings. The molecule has 0 rings (SSSR count). The van der Waals surface area contributed by atoms with Crippen molar-refractivity contribution in [2.75, 3.05) is 39.8 Å². The Labute approximate surface area is 359 Å². The Morgan fingerprint density at radius 2 is 0.948 bits per heavy atom. The average Bonchev–Trinajstić information content (AvgIpc) is 3.21. The molecule has 0 aromatic carbocycles. The van der Waals surface area contributed by atoms with E-state index in [1.165, 1.54) is 109 Å². The first kappa shape index (κ1) is 56.1. The largest absolute Gasteiger partial charge is 0.466 e. The quantitative estimate of drug-likeness (QED) is 0.0413. The minimum atomic E-state index is -0.445. The molecular weight excluding hydrogens is 727 g/mol. The van der Waals surface area contributed by atoms with E-state index in [2.05, 4.69) is 36.3 Å². The van der Waals surface area contributed by atoms with Crippen LogP contribution in [-0.4, -0.2) is 80.0 Å². The Kier molecular flexibility index (Phi) is 43.2. The molecule has 2 amide bonds. The number of nitrogens with zero attached hydrogens (tertiary/aromatic N) is 1. The molecule has 0 aromatic rings. The molecule has 0 heterocycles. The predicted molar refractivity (Wildman–Crippen MR) is 244 cm³/mol. The van der Waals surface area contributed by atoms with E-state index in [0.717, 1.165) is 109 Å². The van der Waals surface area contributed by atoms with Gasteiger partial charge in [-0.3, -0.25) is 9.59 Å². The summed E-state index contributed by atoms with van der Waals surface area (Å²) in [6.07, 6.45) is 38.4. The van der Waals surface area contributed by atoms with E-state index in [1.54, 1.807) is 7.05 Å². The van der Waals surface area contributed by atoms with Gasteiger partial charge in [-0.2, -0.15) is 0 Å². The fourth-order valence-electron chi connectivity index (χ4n) is 7.71. The van der Waals surface area contributed by atoms with E-state index < -0.39 is 6.10 Å². The third-order valence-corrected chi connectivity index (χ3v) is 11.5. The highest BCUT2D eigenvalue weighted by molar-refractivity contribution is 5.73. The minimum absolute atomic E-state index is 0.0142. The number of amides is 2. The number of aliphatic hydroxyl groups is 1. The molecule has 9 heteroatoms. The number of carbonyl (C=O) groups is 3. The standard InChI is InChI=1S/C49H97N3O6/c1-5-8-11-14-17-18-19-25-33-43-57-47(54)38-30-26-32-42-52(44-45(53)35-34-40-51-49(56)50-4)41-31-24-20-23-29-39-48(55)58-46(36-27-21-15-12-9-6-2)37-28-22-16-13-10-7-3/h45-46,53H,5-44H2,1-4H3,(H2,50,51,56). The monoisotopic (exact) mass is 824 g/mol. The molecule has 0 saturated carbocycles. The van der Waals surface area contributed by atoms with Crippen LogP contribution in [0.5, 0.6) is 0 Å². The van der Waals surface area contributed by atoms with Crippen LogP contribution in [0.1, 0.15) is 245 Å². The summed E-state index contributed by atoms with van der Waals surface area (Å²) in [7, 11) is 1.60. The first-order chi connectivity index (χ1) is 28.4. The van der Waals surface area contributed by atoms with Gasteiger partial charge in [0.25, 0.3) is 0 Å². The molecule has 0 aliphatic carbocycles. The topological polar surface area (TPSA) is 117 Å². The number of hydrogen-bond donors (Lipinski definition) is 3. The summed E-state index contributed by atoms with van der Waals surface area (Å²) in [5.41, 5.74) is 0. The third-order valence-electron chi connectivity index (χ3n) is 11.5. The lowest BCUT2D eigenvalue weighted by molar-refractivity contribution is -0.150. The maximum absolute atomic E-state index is 12.8. The number of aliphatic hydroxyl groups excluding tert-OH is 1. The number of rotatable bonds is 45. The molecule has 9 nitrogen and oxygen atoms in total. The highest BCUT2D eigenvalue weighted by Gasteiger charge is 2.15. The van der Waals surface area contributed by atoms with E-state index >= 15 is 0 Å². The zero-order valence-electron chi connectivity index (χ0n) is 38.9. The summed E-state index contributed by atoms with van der Waals surface area (Å²) in [6, 6.07) is -0.198. The summed E-state index contributed by atoms with van der Waals surface area (Å²) in [5, 5.41) is 16.2. The second kappa shape index (κ2) is 44.7. The maximum atomic E-state index is 12.8. The fourth-order valence-corrected chi connectivity index (χ4v) is 7.71. The number of esters is 2. The van der Waals surface area contributed by atoms with Gasteiger partial charge in [-0.1, -0.05) is 162 Å². The van der Waals surface area contributed by atoms with Gasteiger partial charge in [0.15, 0.2) is 0 Å². The van der Waals surface area contributed by atoms with Crippen LogP contribution in [-0.2, 0) is 19.1 Å². The third kappa shape index (κ3) is 40.9. The lowest BCUT2D eigenvalue weighted by atomic mass is 10.0. The van der Waals surface area contributed by atoms with Gasteiger partial charge in [-0.15, -0.1) is 0 Å². The summed E-state index contributed by atoms with van der Waals surface area (Å²) in [4.78, 5) is 38.9. The lowest BCUT2D eigenvalue weighted by Crippen LogP contribution is -2.36. The van der Waals surface area contributed by atoms with Crippen molar-refractivity contribution in [2.45, 2.75) is 258 Å². The number of unbranched alkanes of at least 4 members (excludes halogenated alkanes) is 24. The summed E-state index contributed by atoms with van der Waals surface area (Å²) in [6.45, 7) is 10.3. The smallest absolute Gasteiger partial charge is 0.314 e. The summed E-state index contributed by atoms with van der Waals surface area (Å²) < 4.78 is 11.5. The summed E-state index contributed by atoms with van der Waals surface area (Å²) >= 11 is 0. The molecular formula is C49H97N3O6. The van der Waals surface area contributed by atoms with Crippen LogP contribution in [0.15, 0.2) is 0 Å². The van der Waals surface area contributed by atoms with Crippen LogP contribution >= 0.6 is 0 Å². The van der Waals surface area contributed by atoms with E-state index in [1.807, 2.05) is 0 Å². The molecule has 0 saturated heterocycles. The first-order valence-electron chi connectivity index (χ1n) is 25.1. The Hall–Kier alpha value is -1.87. The number of urea groups is 1. The van der Waals surface area contributed by atoms with Gasteiger partial charge < -0.3 is 30.1 Å². The van der Waals surface area contributed by atoms with Crippen LogP contribution < -0.4 is 10.6 Å². The SMILES string of the molecule is CCCCCCCCCCCOC(=O)CCCCCN(CCCCCCCC(=O)OC(CCCCCCCC)CCCCCCCC)CC(O)CCCNC(=O)NC.